The van der Waals surface area contributed by atoms with Gasteiger partial charge in [0.05, 0.1) is 5.60 Å². The first-order chi connectivity index (χ1) is 8.18. The number of carboxylic acids is 1. The Morgan fingerprint density at radius 3 is 2.61 bits per heavy atom. The molecule has 0 fully saturated rings. The van der Waals surface area contributed by atoms with Gasteiger partial charge >= 0.3 is 5.97 Å². The summed E-state index contributed by atoms with van der Waals surface area (Å²) in [6.45, 7) is 3.10. The summed E-state index contributed by atoms with van der Waals surface area (Å²) in [5.74, 6) is -1.24. The number of H-pyrrole nitrogens is 1. The van der Waals surface area contributed by atoms with E-state index in [2.05, 4.69) is 9.71 Å². The number of aromatic carboxylic acids is 1. The molecule has 7 nitrogen and oxygen atoms in total. The number of aromatic amines is 1. The largest absolute Gasteiger partial charge is 0.477 e. The summed E-state index contributed by atoms with van der Waals surface area (Å²) >= 11 is 0. The van der Waals surface area contributed by atoms with Crippen molar-refractivity contribution in [2.75, 3.05) is 6.54 Å². The quantitative estimate of drug-likeness (QED) is 0.589. The maximum atomic E-state index is 11.8. The van der Waals surface area contributed by atoms with Crippen molar-refractivity contribution in [1.29, 1.82) is 0 Å². The molecule has 0 spiro atoms. The number of sulfonamides is 1. The van der Waals surface area contributed by atoms with Crippen LogP contribution in [0.25, 0.3) is 0 Å². The summed E-state index contributed by atoms with van der Waals surface area (Å²) in [7, 11) is -3.82. The fourth-order valence-electron chi connectivity index (χ4n) is 1.11. The summed E-state index contributed by atoms with van der Waals surface area (Å²) < 4.78 is 25.8. The van der Waals surface area contributed by atoms with Crippen LogP contribution in [0, 0.1) is 0 Å². The first-order valence-corrected chi connectivity index (χ1v) is 6.80. The molecule has 0 aromatic carbocycles. The summed E-state index contributed by atoms with van der Waals surface area (Å²) in [4.78, 5) is 12.8. The number of carboxylic acid groups (broad SMARTS) is 1. The Labute approximate surface area is 105 Å². The standard InChI is InChI=1S/C10H16N2O5S/c1-3-10(2,15)6-12-18(16,17)7-4-8(9(13)14)11-5-7/h4-5,11-12,15H,3,6H2,1-2H3,(H,13,14). The molecule has 1 unspecified atom stereocenters. The average Bonchev–Trinajstić information content (AvgIpc) is 2.77. The maximum absolute atomic E-state index is 11.8. The van der Waals surface area contributed by atoms with Crippen molar-refractivity contribution in [2.45, 2.75) is 30.8 Å². The van der Waals surface area contributed by atoms with Gasteiger partial charge in [-0.05, 0) is 19.4 Å². The van der Waals surface area contributed by atoms with Gasteiger partial charge in [0.1, 0.15) is 10.6 Å². The van der Waals surface area contributed by atoms with Gasteiger partial charge < -0.3 is 15.2 Å². The van der Waals surface area contributed by atoms with Gasteiger partial charge in [0.2, 0.25) is 10.0 Å². The molecule has 1 heterocycles. The molecule has 0 saturated heterocycles. The van der Waals surface area contributed by atoms with E-state index in [1.54, 1.807) is 6.92 Å². The van der Waals surface area contributed by atoms with E-state index in [-0.39, 0.29) is 17.1 Å². The monoisotopic (exact) mass is 276 g/mol. The third-order valence-corrected chi connectivity index (χ3v) is 3.98. The van der Waals surface area contributed by atoms with Gasteiger partial charge in [0, 0.05) is 12.7 Å². The fourth-order valence-corrected chi connectivity index (χ4v) is 2.27. The number of rotatable bonds is 6. The van der Waals surface area contributed by atoms with E-state index in [0.29, 0.717) is 6.42 Å². The molecule has 1 aromatic rings. The van der Waals surface area contributed by atoms with Crippen LogP contribution in [-0.2, 0) is 10.0 Å². The molecule has 102 valence electrons. The van der Waals surface area contributed by atoms with Crippen LogP contribution in [-0.4, -0.2) is 41.7 Å². The minimum Gasteiger partial charge on any atom is -0.477 e. The highest BCUT2D eigenvalue weighted by Crippen LogP contribution is 2.13. The molecule has 0 aliphatic heterocycles. The van der Waals surface area contributed by atoms with E-state index in [1.165, 1.54) is 6.92 Å². The van der Waals surface area contributed by atoms with Gasteiger partial charge in [0.15, 0.2) is 0 Å². The molecule has 8 heteroatoms. The first-order valence-electron chi connectivity index (χ1n) is 5.32. The number of aromatic nitrogens is 1. The van der Waals surface area contributed by atoms with Crippen LogP contribution in [0.2, 0.25) is 0 Å². The molecule has 4 N–H and O–H groups in total. The van der Waals surface area contributed by atoms with Gasteiger partial charge in [0.25, 0.3) is 0 Å². The van der Waals surface area contributed by atoms with Crippen LogP contribution >= 0.6 is 0 Å². The molecule has 1 rings (SSSR count). The molecular formula is C10H16N2O5S. The van der Waals surface area contributed by atoms with Gasteiger partial charge in [-0.15, -0.1) is 0 Å². The zero-order chi connectivity index (χ0) is 14.0. The van der Waals surface area contributed by atoms with Gasteiger partial charge in [-0.1, -0.05) is 6.92 Å². The highest BCUT2D eigenvalue weighted by molar-refractivity contribution is 7.89. The Morgan fingerprint density at radius 2 is 2.17 bits per heavy atom. The van der Waals surface area contributed by atoms with Crippen molar-refractivity contribution in [1.82, 2.24) is 9.71 Å². The Balaban J connectivity index is 2.83. The van der Waals surface area contributed by atoms with E-state index >= 15 is 0 Å². The molecule has 1 aromatic heterocycles. The highest BCUT2D eigenvalue weighted by Gasteiger charge is 2.23. The van der Waals surface area contributed by atoms with Crippen molar-refractivity contribution in [3.63, 3.8) is 0 Å². The smallest absolute Gasteiger partial charge is 0.352 e. The summed E-state index contributed by atoms with van der Waals surface area (Å²) in [6, 6.07) is 1.02. The minimum absolute atomic E-state index is 0.139. The van der Waals surface area contributed by atoms with Gasteiger partial charge in [-0.2, -0.15) is 0 Å². The third-order valence-electron chi connectivity index (χ3n) is 2.60. The Kier molecular flexibility index (Phi) is 4.15. The Bertz CT molecular complexity index is 532. The van der Waals surface area contributed by atoms with Crippen LogP contribution in [0.15, 0.2) is 17.2 Å². The normalized spacial score (nSPS) is 15.3. The molecule has 0 radical (unpaired) electrons. The zero-order valence-corrected chi connectivity index (χ0v) is 10.9. The second-order valence-electron chi connectivity index (χ2n) is 4.23. The molecule has 0 amide bonds. The van der Waals surface area contributed by atoms with Crippen molar-refractivity contribution in [3.05, 3.63) is 18.0 Å². The maximum Gasteiger partial charge on any atom is 0.352 e. The minimum atomic E-state index is -3.82. The van der Waals surface area contributed by atoms with Crippen LogP contribution in [0.5, 0.6) is 0 Å². The molecule has 0 aliphatic rings. The lowest BCUT2D eigenvalue weighted by molar-refractivity contribution is 0.0613. The summed E-state index contributed by atoms with van der Waals surface area (Å²) in [5, 5.41) is 18.4. The van der Waals surface area contributed by atoms with Crippen LogP contribution in [0.3, 0.4) is 0 Å². The zero-order valence-electron chi connectivity index (χ0n) is 10.1. The summed E-state index contributed by atoms with van der Waals surface area (Å²) in [5.41, 5.74) is -1.35. The lowest BCUT2D eigenvalue weighted by Crippen LogP contribution is -2.39. The Morgan fingerprint density at radius 1 is 1.56 bits per heavy atom. The number of aliphatic hydroxyl groups is 1. The number of hydrogen-bond donors (Lipinski definition) is 4. The van der Waals surface area contributed by atoms with Gasteiger partial charge in [-0.3, -0.25) is 0 Å². The van der Waals surface area contributed by atoms with E-state index in [1.807, 2.05) is 0 Å². The van der Waals surface area contributed by atoms with Gasteiger partial charge in [-0.25, -0.2) is 17.9 Å². The van der Waals surface area contributed by atoms with E-state index in [9.17, 15) is 18.3 Å². The number of carbonyl (C=O) groups is 1. The van der Waals surface area contributed by atoms with Crippen LogP contribution < -0.4 is 4.72 Å². The average molecular weight is 276 g/mol. The molecular weight excluding hydrogens is 260 g/mol. The van der Waals surface area contributed by atoms with E-state index < -0.39 is 21.6 Å². The molecule has 0 saturated carbocycles. The van der Waals surface area contributed by atoms with Crippen LogP contribution in [0.4, 0.5) is 0 Å². The molecule has 0 bridgehead atoms. The second-order valence-corrected chi connectivity index (χ2v) is 6.00. The summed E-state index contributed by atoms with van der Waals surface area (Å²) in [6.07, 6.45) is 1.48. The van der Waals surface area contributed by atoms with E-state index in [0.717, 1.165) is 12.3 Å². The molecule has 1 atom stereocenters. The molecule has 18 heavy (non-hydrogen) atoms. The molecule has 0 aliphatic carbocycles. The predicted octanol–water partition coefficient (Wildman–Crippen LogP) is 0.152. The first kappa shape index (κ1) is 14.7. The third kappa shape index (κ3) is 3.56. The number of hydrogen-bond acceptors (Lipinski definition) is 4. The second kappa shape index (κ2) is 5.09. The lowest BCUT2D eigenvalue weighted by atomic mass is 10.1. The predicted molar refractivity (Wildman–Crippen MR) is 63.9 cm³/mol. The van der Waals surface area contributed by atoms with Crippen LogP contribution in [0.1, 0.15) is 30.8 Å². The Hall–Kier alpha value is -1.38. The van der Waals surface area contributed by atoms with Crippen molar-refractivity contribution in [3.8, 4) is 0 Å². The van der Waals surface area contributed by atoms with Crippen molar-refractivity contribution >= 4 is 16.0 Å². The van der Waals surface area contributed by atoms with E-state index in [4.69, 9.17) is 5.11 Å². The fraction of sp³-hybridized carbons (Fsp3) is 0.500. The number of nitrogens with one attached hydrogen (secondary N) is 2. The topological polar surface area (TPSA) is 119 Å². The van der Waals surface area contributed by atoms with Crippen molar-refractivity contribution in [2.24, 2.45) is 0 Å². The lowest BCUT2D eigenvalue weighted by Gasteiger charge is -2.21. The van der Waals surface area contributed by atoms with Crippen molar-refractivity contribution < 1.29 is 23.4 Å². The SMILES string of the molecule is CCC(C)(O)CNS(=O)(=O)c1c[nH]c(C(=O)O)c1. The highest BCUT2D eigenvalue weighted by atomic mass is 32.2.